The highest BCUT2D eigenvalue weighted by Crippen LogP contribution is 2.37. The lowest BCUT2D eigenvalue weighted by Crippen LogP contribution is -2.11. The summed E-state index contributed by atoms with van der Waals surface area (Å²) in [6, 6.07) is 3.22. The van der Waals surface area contributed by atoms with Crippen LogP contribution in [0.25, 0.3) is 0 Å². The number of para-hydroxylation sites is 1. The number of nitrogens with one attached hydrogen (secondary N) is 1. The van der Waals surface area contributed by atoms with Crippen molar-refractivity contribution in [3.8, 4) is 0 Å². The molecule has 0 aliphatic heterocycles. The summed E-state index contributed by atoms with van der Waals surface area (Å²) < 4.78 is 65.8. The Balaban J connectivity index is 2.44. The molecule has 0 fully saturated rings. The van der Waals surface area contributed by atoms with Crippen LogP contribution < -0.4 is 5.32 Å². The van der Waals surface area contributed by atoms with E-state index in [-0.39, 0.29) is 5.69 Å². The minimum absolute atomic E-state index is 0.210. The van der Waals surface area contributed by atoms with Gasteiger partial charge in [-0.1, -0.05) is 6.07 Å². The first kappa shape index (κ1) is 15.9. The van der Waals surface area contributed by atoms with Crippen molar-refractivity contribution in [3.05, 3.63) is 53.4 Å². The summed E-state index contributed by atoms with van der Waals surface area (Å²) in [5.41, 5.74) is -2.73. The lowest BCUT2D eigenvalue weighted by Gasteiger charge is -2.15. The van der Waals surface area contributed by atoms with Gasteiger partial charge in [-0.25, -0.2) is 13.8 Å². The van der Waals surface area contributed by atoms with Crippen LogP contribution in [0.1, 0.15) is 23.0 Å². The number of carbonyl (C=O) groups excluding carboxylic acids is 1. The van der Waals surface area contributed by atoms with Gasteiger partial charge in [0, 0.05) is 13.0 Å². The first-order valence-corrected chi connectivity index (χ1v) is 5.99. The molecule has 0 unspecified atom stereocenters. The Morgan fingerprint density at radius 2 is 1.86 bits per heavy atom. The van der Waals surface area contributed by atoms with Crippen LogP contribution >= 0.6 is 0 Å². The SMILES string of the molecule is CC(=O)c1ncc(Nc2c(F)cccc2C(F)(F)F)cc1F. The van der Waals surface area contributed by atoms with E-state index < -0.39 is 40.5 Å². The van der Waals surface area contributed by atoms with Crippen LogP contribution in [0.2, 0.25) is 0 Å². The number of Topliss-reactive ketones (excluding diaryl/α,β-unsaturated/α-hetero) is 1. The summed E-state index contributed by atoms with van der Waals surface area (Å²) in [6.07, 6.45) is -3.83. The number of benzene rings is 1. The zero-order chi connectivity index (χ0) is 16.5. The average Bonchev–Trinajstić information content (AvgIpc) is 2.39. The molecule has 2 aromatic rings. The second kappa shape index (κ2) is 5.70. The van der Waals surface area contributed by atoms with Crippen LogP contribution in [-0.4, -0.2) is 10.8 Å². The van der Waals surface area contributed by atoms with Crippen molar-refractivity contribution in [2.75, 3.05) is 5.32 Å². The summed E-state index contributed by atoms with van der Waals surface area (Å²) in [4.78, 5) is 14.5. The molecule has 0 amide bonds. The summed E-state index contributed by atoms with van der Waals surface area (Å²) in [5.74, 6) is -2.79. The highest BCUT2D eigenvalue weighted by Gasteiger charge is 2.34. The summed E-state index contributed by atoms with van der Waals surface area (Å²) in [7, 11) is 0. The van der Waals surface area contributed by atoms with Crippen molar-refractivity contribution < 1.29 is 26.7 Å². The second-order valence-corrected chi connectivity index (χ2v) is 4.40. The van der Waals surface area contributed by atoms with E-state index in [1.165, 1.54) is 0 Å². The van der Waals surface area contributed by atoms with Crippen LogP contribution in [-0.2, 0) is 6.18 Å². The van der Waals surface area contributed by atoms with E-state index in [4.69, 9.17) is 0 Å². The number of halogens is 5. The molecule has 0 aliphatic carbocycles. The number of alkyl halides is 3. The van der Waals surface area contributed by atoms with Crippen molar-refractivity contribution in [2.45, 2.75) is 13.1 Å². The zero-order valence-corrected chi connectivity index (χ0v) is 11.1. The molecule has 2 rings (SSSR count). The zero-order valence-electron chi connectivity index (χ0n) is 11.1. The molecule has 8 heteroatoms. The lowest BCUT2D eigenvalue weighted by molar-refractivity contribution is -0.137. The molecule has 0 atom stereocenters. The van der Waals surface area contributed by atoms with Gasteiger partial charge in [0.1, 0.15) is 11.5 Å². The first-order chi connectivity index (χ1) is 10.2. The number of carbonyl (C=O) groups is 1. The number of nitrogens with zero attached hydrogens (tertiary/aromatic N) is 1. The molecule has 0 spiro atoms. The van der Waals surface area contributed by atoms with Gasteiger partial charge in [-0.3, -0.25) is 4.79 Å². The van der Waals surface area contributed by atoms with Gasteiger partial charge in [0.05, 0.1) is 23.1 Å². The van der Waals surface area contributed by atoms with E-state index in [9.17, 15) is 26.7 Å². The maximum Gasteiger partial charge on any atom is 0.418 e. The fourth-order valence-corrected chi connectivity index (χ4v) is 1.80. The molecule has 0 radical (unpaired) electrons. The summed E-state index contributed by atoms with van der Waals surface area (Å²) in [5, 5.41) is 2.15. The third-order valence-corrected chi connectivity index (χ3v) is 2.76. The largest absolute Gasteiger partial charge is 0.418 e. The molecule has 1 aromatic heterocycles. The van der Waals surface area contributed by atoms with Crippen LogP contribution in [0.5, 0.6) is 0 Å². The van der Waals surface area contributed by atoms with Crippen molar-refractivity contribution in [2.24, 2.45) is 0 Å². The molecule has 3 nitrogen and oxygen atoms in total. The van der Waals surface area contributed by atoms with Crippen LogP contribution in [0.3, 0.4) is 0 Å². The van der Waals surface area contributed by atoms with Gasteiger partial charge in [0.25, 0.3) is 0 Å². The van der Waals surface area contributed by atoms with E-state index in [0.717, 1.165) is 31.3 Å². The van der Waals surface area contributed by atoms with E-state index in [1.54, 1.807) is 0 Å². The number of pyridine rings is 1. The van der Waals surface area contributed by atoms with Crippen molar-refractivity contribution in [3.63, 3.8) is 0 Å². The van der Waals surface area contributed by atoms with Crippen molar-refractivity contribution in [1.29, 1.82) is 0 Å². The Bertz CT molecular complexity index is 728. The third-order valence-electron chi connectivity index (χ3n) is 2.76. The molecule has 0 bridgehead atoms. The number of hydrogen-bond acceptors (Lipinski definition) is 3. The van der Waals surface area contributed by atoms with Gasteiger partial charge < -0.3 is 5.32 Å². The number of ketones is 1. The van der Waals surface area contributed by atoms with Gasteiger partial charge in [0.15, 0.2) is 11.6 Å². The predicted molar refractivity (Wildman–Crippen MR) is 68.9 cm³/mol. The Morgan fingerprint density at radius 1 is 1.18 bits per heavy atom. The van der Waals surface area contributed by atoms with Crippen molar-refractivity contribution >= 4 is 17.2 Å². The molecule has 0 aliphatic rings. The summed E-state index contributed by atoms with van der Waals surface area (Å²) >= 11 is 0. The van der Waals surface area contributed by atoms with E-state index in [2.05, 4.69) is 10.3 Å². The standard InChI is InChI=1S/C14H9F5N2O/c1-7(22)12-11(16)5-8(6-20-12)21-13-9(14(17,18)19)3-2-4-10(13)15/h2-6,21H,1H3. The van der Waals surface area contributed by atoms with E-state index in [0.29, 0.717) is 6.07 Å². The van der Waals surface area contributed by atoms with Gasteiger partial charge in [-0.15, -0.1) is 0 Å². The summed E-state index contributed by atoms with van der Waals surface area (Å²) in [6.45, 7) is 1.09. The number of aromatic nitrogens is 1. The van der Waals surface area contributed by atoms with Gasteiger partial charge in [0.2, 0.25) is 0 Å². The highest BCUT2D eigenvalue weighted by atomic mass is 19.4. The number of anilines is 2. The second-order valence-electron chi connectivity index (χ2n) is 4.40. The fraction of sp³-hybridized carbons (Fsp3) is 0.143. The molecular weight excluding hydrogens is 307 g/mol. The first-order valence-electron chi connectivity index (χ1n) is 5.99. The molecule has 116 valence electrons. The third kappa shape index (κ3) is 3.21. The number of hydrogen-bond donors (Lipinski definition) is 1. The van der Waals surface area contributed by atoms with E-state index in [1.807, 2.05) is 0 Å². The van der Waals surface area contributed by atoms with Gasteiger partial charge in [-0.2, -0.15) is 13.2 Å². The molecule has 0 saturated carbocycles. The molecule has 22 heavy (non-hydrogen) atoms. The number of rotatable bonds is 3. The quantitative estimate of drug-likeness (QED) is 0.677. The van der Waals surface area contributed by atoms with Crippen LogP contribution in [0, 0.1) is 11.6 Å². The predicted octanol–water partition coefficient (Wildman–Crippen LogP) is 4.32. The average molecular weight is 316 g/mol. The molecule has 0 saturated heterocycles. The van der Waals surface area contributed by atoms with Crippen molar-refractivity contribution in [1.82, 2.24) is 4.98 Å². The Kier molecular flexibility index (Phi) is 4.11. The van der Waals surface area contributed by atoms with Crippen LogP contribution in [0.15, 0.2) is 30.5 Å². The normalized spacial score (nSPS) is 11.4. The smallest absolute Gasteiger partial charge is 0.351 e. The Hall–Kier alpha value is -2.51. The van der Waals surface area contributed by atoms with Gasteiger partial charge >= 0.3 is 6.18 Å². The molecule has 1 heterocycles. The molecule has 1 N–H and O–H groups in total. The minimum atomic E-state index is -4.78. The van der Waals surface area contributed by atoms with E-state index >= 15 is 0 Å². The monoisotopic (exact) mass is 316 g/mol. The lowest BCUT2D eigenvalue weighted by atomic mass is 10.1. The maximum atomic E-state index is 13.6. The minimum Gasteiger partial charge on any atom is -0.351 e. The molecular formula is C14H9F5N2O. The van der Waals surface area contributed by atoms with Gasteiger partial charge in [-0.05, 0) is 12.1 Å². The topological polar surface area (TPSA) is 42.0 Å². The Labute approximate surface area is 121 Å². The fourth-order valence-electron chi connectivity index (χ4n) is 1.80. The molecule has 1 aromatic carbocycles. The Morgan fingerprint density at radius 3 is 2.41 bits per heavy atom. The maximum absolute atomic E-state index is 13.6. The van der Waals surface area contributed by atoms with Crippen LogP contribution in [0.4, 0.5) is 33.3 Å². The highest BCUT2D eigenvalue weighted by molar-refractivity contribution is 5.92.